The largest absolute Gasteiger partial charge is 4.00 e. The van der Waals surface area contributed by atoms with Crippen molar-refractivity contribution in [3.8, 4) is 0 Å². The van der Waals surface area contributed by atoms with Gasteiger partial charge in [0.05, 0.1) is 0 Å². The van der Waals surface area contributed by atoms with E-state index in [0.717, 1.165) is 22.3 Å². The van der Waals surface area contributed by atoms with Crippen molar-refractivity contribution in [2.45, 2.75) is 60.0 Å². The molecule has 0 radical (unpaired) electrons. The van der Waals surface area contributed by atoms with Crippen molar-refractivity contribution < 1.29 is 51.0 Å². The van der Waals surface area contributed by atoms with Crippen molar-refractivity contribution in [3.05, 3.63) is 154 Å². The molecule has 6 rings (SSSR count). The van der Waals surface area contributed by atoms with Crippen LogP contribution in [0.4, 0.5) is 0 Å². The van der Waals surface area contributed by atoms with E-state index in [2.05, 4.69) is 90.1 Å². The van der Waals surface area contributed by atoms with Gasteiger partial charge in [-0.15, -0.1) is 45.8 Å². The fourth-order valence-corrected chi connectivity index (χ4v) is 6.33. The third-order valence-corrected chi connectivity index (χ3v) is 9.61. The van der Waals surface area contributed by atoms with E-state index in [1.165, 1.54) is 32.7 Å². The molecular weight excluding hydrogens is 867 g/mol. The number of rotatable bonds is 2. The van der Waals surface area contributed by atoms with Gasteiger partial charge in [-0.3, -0.25) is 0 Å². The minimum atomic E-state index is -1.46. The molecule has 0 atom stereocenters. The summed E-state index contributed by atoms with van der Waals surface area (Å²) >= 11 is 35.7. The molecule has 0 bridgehead atoms. The Kier molecular flexibility index (Phi) is 15.9. The summed E-state index contributed by atoms with van der Waals surface area (Å²) in [4.78, 5) is 0. The molecule has 1 aliphatic rings. The molecule has 0 fully saturated rings. The Labute approximate surface area is 358 Å². The van der Waals surface area contributed by atoms with Crippen LogP contribution in [0, 0.1) is 6.08 Å². The molecule has 0 saturated carbocycles. The zero-order valence-electron chi connectivity index (χ0n) is 28.4. The molecule has 9 heteroatoms. The fourth-order valence-electron chi connectivity index (χ4n) is 5.57. The van der Waals surface area contributed by atoms with Crippen LogP contribution < -0.4 is 24.8 Å². The average Bonchev–Trinajstić information content (AvgIpc) is 3.64. The number of benzene rings is 4. The van der Waals surface area contributed by atoms with Gasteiger partial charge in [0, 0.05) is 11.1 Å². The van der Waals surface area contributed by atoms with E-state index < -0.39 is 7.59 Å². The van der Waals surface area contributed by atoms with Crippen molar-refractivity contribution in [3.63, 3.8) is 0 Å². The van der Waals surface area contributed by atoms with Crippen molar-refractivity contribution in [2.24, 2.45) is 0 Å². The molecule has 0 nitrogen and oxygen atoms in total. The van der Waals surface area contributed by atoms with E-state index in [9.17, 15) is 0 Å². The Balaban J connectivity index is 0.000000333. The molecule has 0 aromatic heterocycles. The standard InChI is InChI=1S/C21H25.C20H11Cl6.2ClH.Zr/c1-20(2,3)16-7-9-18-14(12-16)11-15-13-17(21(4,5)6)8-10-19(15)18;21-19(22,23)16-9-5-14(6-10-16)18(13-3-1-2-4-13)15-7-11-17(12-8-15)20(24,25)26;;;/h7-13H,1-6H3;1-3,5-12H;2*1H;/q2*-1;;;+4/p-2. The molecule has 0 N–H and O–H groups in total. The number of hydrogen-bond acceptors (Lipinski definition) is 0. The molecule has 260 valence electrons. The van der Waals surface area contributed by atoms with Crippen LogP contribution in [0.25, 0.3) is 27.1 Å². The van der Waals surface area contributed by atoms with Gasteiger partial charge in [0.15, 0.2) is 0 Å². The summed E-state index contributed by atoms with van der Waals surface area (Å²) in [5, 5.41) is 5.48. The first-order valence-corrected chi connectivity index (χ1v) is 17.6. The number of allylic oxidation sites excluding steroid dienone is 5. The molecular formula is C41H36Cl8Zr. The molecule has 0 spiro atoms. The van der Waals surface area contributed by atoms with Crippen LogP contribution in [0.1, 0.15) is 74.9 Å². The fraction of sp³-hybridized carbons (Fsp3) is 0.244. The summed E-state index contributed by atoms with van der Waals surface area (Å²) in [6.45, 7) is 13.6. The predicted octanol–water partition coefficient (Wildman–Crippen LogP) is 8.38. The van der Waals surface area contributed by atoms with Gasteiger partial charge < -0.3 is 24.8 Å². The second-order valence-corrected chi connectivity index (χ2v) is 18.4. The zero-order chi connectivity index (χ0) is 34.4. The summed E-state index contributed by atoms with van der Waals surface area (Å²) in [6, 6.07) is 31.0. The first-order chi connectivity index (χ1) is 21.8. The Morgan fingerprint density at radius 1 is 0.540 bits per heavy atom. The van der Waals surface area contributed by atoms with Gasteiger partial charge in [0.2, 0.25) is 7.59 Å². The van der Waals surface area contributed by atoms with Crippen LogP contribution in [0.3, 0.4) is 0 Å². The second-order valence-electron chi connectivity index (χ2n) is 13.9. The molecule has 1 aliphatic carbocycles. The van der Waals surface area contributed by atoms with Gasteiger partial charge in [-0.25, -0.2) is 0 Å². The second kappa shape index (κ2) is 17.5. The molecule has 50 heavy (non-hydrogen) atoms. The van der Waals surface area contributed by atoms with Gasteiger partial charge in [0.25, 0.3) is 0 Å². The van der Waals surface area contributed by atoms with Gasteiger partial charge in [-0.2, -0.15) is 23.8 Å². The Morgan fingerprint density at radius 3 is 1.20 bits per heavy atom. The van der Waals surface area contributed by atoms with E-state index in [4.69, 9.17) is 69.6 Å². The number of alkyl halides is 6. The summed E-state index contributed by atoms with van der Waals surface area (Å²) in [6.07, 6.45) is 9.01. The van der Waals surface area contributed by atoms with Crippen LogP contribution in [-0.4, -0.2) is 0 Å². The maximum Gasteiger partial charge on any atom is 4.00 e. The third kappa shape index (κ3) is 10.9. The van der Waals surface area contributed by atoms with Crippen LogP contribution in [-0.2, 0) is 44.6 Å². The number of fused-ring (bicyclic) bond motifs is 3. The number of hydrogen-bond donors (Lipinski definition) is 0. The Hall–Kier alpha value is -0.827. The van der Waals surface area contributed by atoms with E-state index in [-0.39, 0.29) is 61.8 Å². The van der Waals surface area contributed by atoms with Crippen molar-refractivity contribution in [1.29, 1.82) is 0 Å². The normalized spacial score (nSPS) is 12.9. The molecule has 0 saturated heterocycles. The van der Waals surface area contributed by atoms with Crippen LogP contribution >= 0.6 is 69.6 Å². The SMILES string of the molecule is CC(C)(C)c1ccc2c(c1)[cH-]c1cc(C(C)(C)C)ccc12.ClC(Cl)(Cl)c1ccc(C(=C2[C-]=CC=C2)c2ccc(C(Cl)(Cl)Cl)cc2)cc1.[Cl-].[Cl-].[Zr+4]. The topological polar surface area (TPSA) is 0 Å². The molecule has 5 aromatic carbocycles. The maximum atomic E-state index is 5.95. The quantitative estimate of drug-likeness (QED) is 0.124. The van der Waals surface area contributed by atoms with E-state index in [1.54, 1.807) is 24.3 Å². The van der Waals surface area contributed by atoms with E-state index in [0.29, 0.717) is 11.1 Å². The number of halogens is 8. The minimum absolute atomic E-state index is 0. The zero-order valence-corrected chi connectivity index (χ0v) is 36.9. The molecule has 0 unspecified atom stereocenters. The van der Waals surface area contributed by atoms with Gasteiger partial charge >= 0.3 is 26.2 Å². The Morgan fingerprint density at radius 2 is 0.900 bits per heavy atom. The van der Waals surface area contributed by atoms with Gasteiger partial charge in [-0.05, 0) is 10.8 Å². The predicted molar refractivity (Wildman–Crippen MR) is 209 cm³/mol. The summed E-state index contributed by atoms with van der Waals surface area (Å²) in [7, 11) is 0. The summed E-state index contributed by atoms with van der Waals surface area (Å²) in [5.74, 6) is 0. The van der Waals surface area contributed by atoms with E-state index in [1.807, 2.05) is 42.5 Å². The van der Waals surface area contributed by atoms with Gasteiger partial charge in [-0.1, -0.05) is 212 Å². The molecule has 0 heterocycles. The van der Waals surface area contributed by atoms with Crippen LogP contribution in [0.2, 0.25) is 0 Å². The minimum Gasteiger partial charge on any atom is -1.00 e. The first-order valence-electron chi connectivity index (χ1n) is 15.3. The smallest absolute Gasteiger partial charge is 1.00 e. The third-order valence-electron chi connectivity index (χ3n) is 8.31. The monoisotopic (exact) mass is 898 g/mol. The first kappa shape index (κ1) is 45.3. The van der Waals surface area contributed by atoms with Crippen molar-refractivity contribution >= 4 is 96.7 Å². The Bertz CT molecular complexity index is 1850. The summed E-state index contributed by atoms with van der Waals surface area (Å²) in [5.41, 5.74) is 8.28. The molecule has 5 aromatic rings. The summed E-state index contributed by atoms with van der Waals surface area (Å²) < 4.78 is -2.92. The van der Waals surface area contributed by atoms with Crippen LogP contribution in [0.15, 0.2) is 115 Å². The van der Waals surface area contributed by atoms with Gasteiger partial charge in [0.1, 0.15) is 0 Å². The van der Waals surface area contributed by atoms with Crippen LogP contribution in [0.5, 0.6) is 0 Å². The molecule has 0 amide bonds. The maximum absolute atomic E-state index is 5.95. The average molecular weight is 904 g/mol. The van der Waals surface area contributed by atoms with Crippen molar-refractivity contribution in [1.82, 2.24) is 0 Å². The molecule has 0 aliphatic heterocycles. The van der Waals surface area contributed by atoms with Crippen molar-refractivity contribution in [2.75, 3.05) is 0 Å². The van der Waals surface area contributed by atoms with E-state index >= 15 is 0 Å².